The molecule has 3 N–H and O–H groups in total. The molecule has 1 aliphatic rings. The van der Waals surface area contributed by atoms with Gasteiger partial charge in [0.2, 0.25) is 5.91 Å². The van der Waals surface area contributed by atoms with E-state index in [0.29, 0.717) is 24.4 Å². The summed E-state index contributed by atoms with van der Waals surface area (Å²) < 4.78 is 0. The largest absolute Gasteiger partial charge is 0.352 e. The molecule has 1 aliphatic heterocycles. The Balaban J connectivity index is 1.50. The molecule has 5 nitrogen and oxygen atoms in total. The van der Waals surface area contributed by atoms with E-state index >= 15 is 0 Å². The lowest BCUT2D eigenvalue weighted by Crippen LogP contribution is -2.45. The molecule has 0 aliphatic carbocycles. The van der Waals surface area contributed by atoms with Gasteiger partial charge in [-0.2, -0.15) is 0 Å². The number of hydrogen-bond acceptors (Lipinski definition) is 3. The van der Waals surface area contributed by atoms with E-state index in [4.69, 9.17) is 5.73 Å². The molecule has 2 atom stereocenters. The molecule has 3 rings (SSSR count). The van der Waals surface area contributed by atoms with E-state index in [2.05, 4.69) is 5.32 Å². The Morgan fingerprint density at radius 1 is 1.23 bits per heavy atom. The maximum absolute atomic E-state index is 12.4. The second-order valence-corrected chi connectivity index (χ2v) is 7.17. The van der Waals surface area contributed by atoms with Gasteiger partial charge in [-0.3, -0.25) is 9.59 Å². The fourth-order valence-electron chi connectivity index (χ4n) is 3.54. The van der Waals surface area contributed by atoms with E-state index in [1.165, 1.54) is 0 Å². The average molecular weight is 353 g/mol. The molecule has 26 heavy (non-hydrogen) atoms. The van der Waals surface area contributed by atoms with Crippen molar-refractivity contribution in [3.05, 3.63) is 48.0 Å². The number of nitrogens with two attached hydrogens (primary N) is 1. The van der Waals surface area contributed by atoms with Crippen LogP contribution in [0.25, 0.3) is 10.8 Å². The highest BCUT2D eigenvalue weighted by molar-refractivity contribution is 5.98. The van der Waals surface area contributed by atoms with Crippen molar-refractivity contribution in [2.45, 2.75) is 32.2 Å². The third kappa shape index (κ3) is 4.41. The van der Waals surface area contributed by atoms with Gasteiger partial charge < -0.3 is 16.0 Å². The maximum atomic E-state index is 12.4. The van der Waals surface area contributed by atoms with Crippen molar-refractivity contribution in [3.63, 3.8) is 0 Å². The lowest BCUT2D eigenvalue weighted by molar-refractivity contribution is -0.132. The summed E-state index contributed by atoms with van der Waals surface area (Å²) in [5.41, 5.74) is 6.60. The van der Waals surface area contributed by atoms with Gasteiger partial charge in [0.25, 0.3) is 5.91 Å². The van der Waals surface area contributed by atoms with Crippen LogP contribution in [-0.2, 0) is 4.79 Å². The molecule has 1 fully saturated rings. The molecule has 0 bridgehead atoms. The van der Waals surface area contributed by atoms with E-state index in [1.807, 2.05) is 54.3 Å². The average Bonchev–Trinajstić information content (AvgIpc) is 2.67. The van der Waals surface area contributed by atoms with Crippen LogP contribution in [0.15, 0.2) is 42.5 Å². The van der Waals surface area contributed by atoms with Crippen LogP contribution in [0.5, 0.6) is 0 Å². The molecule has 0 aromatic heterocycles. The normalized spacial score (nSPS) is 18.5. The summed E-state index contributed by atoms with van der Waals surface area (Å²) in [5, 5.41) is 4.99. The molecule has 2 aromatic carbocycles. The predicted molar refractivity (Wildman–Crippen MR) is 104 cm³/mol. The molecule has 2 amide bonds. The van der Waals surface area contributed by atoms with Gasteiger partial charge in [0.1, 0.15) is 0 Å². The quantitative estimate of drug-likeness (QED) is 0.867. The summed E-state index contributed by atoms with van der Waals surface area (Å²) in [6.45, 7) is 3.88. The number of carbonyl (C=O) groups excluding carboxylic acids is 2. The molecule has 1 saturated heterocycles. The molecule has 1 heterocycles. The van der Waals surface area contributed by atoms with Crippen LogP contribution in [0.2, 0.25) is 0 Å². The van der Waals surface area contributed by atoms with Crippen LogP contribution < -0.4 is 11.1 Å². The monoisotopic (exact) mass is 353 g/mol. The van der Waals surface area contributed by atoms with Gasteiger partial charge in [0.05, 0.1) is 0 Å². The molecular weight excluding hydrogens is 326 g/mol. The van der Waals surface area contributed by atoms with Gasteiger partial charge in [-0.05, 0) is 48.6 Å². The van der Waals surface area contributed by atoms with Gasteiger partial charge in [0, 0.05) is 37.7 Å². The number of benzene rings is 2. The number of hydrogen-bond donors (Lipinski definition) is 2. The third-order valence-electron chi connectivity index (χ3n) is 5.19. The zero-order valence-corrected chi connectivity index (χ0v) is 15.3. The first-order chi connectivity index (χ1) is 12.5. The summed E-state index contributed by atoms with van der Waals surface area (Å²) >= 11 is 0. The number of carbonyl (C=O) groups is 2. The zero-order chi connectivity index (χ0) is 18.5. The summed E-state index contributed by atoms with van der Waals surface area (Å²) in [7, 11) is 0. The topological polar surface area (TPSA) is 75.4 Å². The predicted octanol–water partition coefficient (Wildman–Crippen LogP) is 2.55. The minimum absolute atomic E-state index is 0.0918. The Morgan fingerprint density at radius 3 is 2.77 bits per heavy atom. The Morgan fingerprint density at radius 2 is 2.00 bits per heavy atom. The summed E-state index contributed by atoms with van der Waals surface area (Å²) in [4.78, 5) is 26.6. The minimum Gasteiger partial charge on any atom is -0.352 e. The fourth-order valence-corrected chi connectivity index (χ4v) is 3.54. The van der Waals surface area contributed by atoms with Crippen LogP contribution >= 0.6 is 0 Å². The highest BCUT2D eigenvalue weighted by Gasteiger charge is 2.25. The molecule has 0 spiro atoms. The van der Waals surface area contributed by atoms with Gasteiger partial charge >= 0.3 is 0 Å². The van der Waals surface area contributed by atoms with Crippen LogP contribution in [0.3, 0.4) is 0 Å². The number of nitrogens with zero attached hydrogens (tertiary/aromatic N) is 1. The van der Waals surface area contributed by atoms with Crippen LogP contribution in [0.1, 0.15) is 36.5 Å². The van der Waals surface area contributed by atoms with Crippen LogP contribution in [-0.4, -0.2) is 42.4 Å². The van der Waals surface area contributed by atoms with Crippen LogP contribution in [0, 0.1) is 5.92 Å². The highest BCUT2D eigenvalue weighted by atomic mass is 16.2. The van der Waals surface area contributed by atoms with Crippen molar-refractivity contribution in [1.82, 2.24) is 10.2 Å². The summed E-state index contributed by atoms with van der Waals surface area (Å²) in [6, 6.07) is 13.7. The van der Waals surface area contributed by atoms with Gasteiger partial charge in [0.15, 0.2) is 0 Å². The standard InChI is InChI=1S/C21H27N3O2/c1-15(22)19-7-4-12-24(14-19)20(25)10-11-23-21(26)18-9-8-16-5-2-3-6-17(16)13-18/h2-3,5-6,8-9,13,15,19H,4,7,10-12,14,22H2,1H3,(H,23,26). The van der Waals surface area contributed by atoms with Gasteiger partial charge in [-0.25, -0.2) is 0 Å². The zero-order valence-electron chi connectivity index (χ0n) is 15.3. The van der Waals surface area contributed by atoms with E-state index < -0.39 is 0 Å². The first-order valence-electron chi connectivity index (χ1n) is 9.35. The molecule has 2 aromatic rings. The van der Waals surface area contributed by atoms with Crippen molar-refractivity contribution in [2.24, 2.45) is 11.7 Å². The summed E-state index contributed by atoms with van der Waals surface area (Å²) in [5.74, 6) is 0.324. The van der Waals surface area contributed by atoms with Gasteiger partial charge in [-0.15, -0.1) is 0 Å². The number of piperidine rings is 1. The molecular formula is C21H27N3O2. The van der Waals surface area contributed by atoms with Gasteiger partial charge in [-0.1, -0.05) is 30.3 Å². The van der Waals surface area contributed by atoms with Crippen molar-refractivity contribution in [2.75, 3.05) is 19.6 Å². The van der Waals surface area contributed by atoms with E-state index in [0.717, 1.165) is 36.7 Å². The Kier molecular flexibility index (Phi) is 5.89. The second-order valence-electron chi connectivity index (χ2n) is 7.17. The highest BCUT2D eigenvalue weighted by Crippen LogP contribution is 2.19. The number of amides is 2. The van der Waals surface area contributed by atoms with E-state index in [-0.39, 0.29) is 17.9 Å². The Bertz CT molecular complexity index is 788. The van der Waals surface area contributed by atoms with Crippen LogP contribution in [0.4, 0.5) is 0 Å². The van der Waals surface area contributed by atoms with E-state index in [9.17, 15) is 9.59 Å². The molecule has 138 valence electrons. The molecule has 2 unspecified atom stereocenters. The van der Waals surface area contributed by atoms with Crippen molar-refractivity contribution in [3.8, 4) is 0 Å². The number of nitrogens with one attached hydrogen (secondary N) is 1. The fraction of sp³-hybridized carbons (Fsp3) is 0.429. The lowest BCUT2D eigenvalue weighted by atomic mass is 9.92. The van der Waals surface area contributed by atoms with Crippen molar-refractivity contribution in [1.29, 1.82) is 0 Å². The number of fused-ring (bicyclic) bond motifs is 1. The Labute approximate surface area is 154 Å². The smallest absolute Gasteiger partial charge is 0.251 e. The first kappa shape index (κ1) is 18.4. The first-order valence-corrected chi connectivity index (χ1v) is 9.35. The Hall–Kier alpha value is -2.40. The van der Waals surface area contributed by atoms with Crippen molar-refractivity contribution >= 4 is 22.6 Å². The molecule has 5 heteroatoms. The lowest BCUT2D eigenvalue weighted by Gasteiger charge is -2.34. The third-order valence-corrected chi connectivity index (χ3v) is 5.19. The number of likely N-dealkylation sites (tertiary alicyclic amines) is 1. The van der Waals surface area contributed by atoms with Crippen molar-refractivity contribution < 1.29 is 9.59 Å². The minimum atomic E-state index is -0.143. The van der Waals surface area contributed by atoms with E-state index in [1.54, 1.807) is 0 Å². The molecule has 0 saturated carbocycles. The number of rotatable bonds is 5. The molecule has 0 radical (unpaired) electrons. The SMILES string of the molecule is CC(N)C1CCCN(C(=O)CCNC(=O)c2ccc3ccccc3c2)C1. The second kappa shape index (κ2) is 8.32. The maximum Gasteiger partial charge on any atom is 0.251 e. The summed E-state index contributed by atoms with van der Waals surface area (Å²) in [6.07, 6.45) is 2.41.